The lowest BCUT2D eigenvalue weighted by Gasteiger charge is -2.45. The Kier molecular flexibility index (Phi) is 8.30. The molecule has 0 amide bonds. The summed E-state index contributed by atoms with van der Waals surface area (Å²) in [5.74, 6) is -1.93. The molecule has 0 radical (unpaired) electrons. The Labute approximate surface area is 236 Å². The van der Waals surface area contributed by atoms with Crippen molar-refractivity contribution in [3.63, 3.8) is 0 Å². The molecule has 2 fully saturated rings. The molecule has 2 aromatic carbocycles. The third kappa shape index (κ3) is 5.37. The third-order valence-electron chi connectivity index (χ3n) is 7.21. The van der Waals surface area contributed by atoms with E-state index in [0.29, 0.717) is 0 Å². The summed E-state index contributed by atoms with van der Waals surface area (Å²) in [6, 6.07) is 7.38. The van der Waals surface area contributed by atoms with E-state index in [9.17, 15) is 50.8 Å². The second-order valence-electron chi connectivity index (χ2n) is 10.1. The highest BCUT2D eigenvalue weighted by molar-refractivity contribution is 5.88. The zero-order chi connectivity index (χ0) is 30.5. The molecule has 15 nitrogen and oxygen atoms in total. The normalized spacial score (nSPS) is 33.5. The van der Waals surface area contributed by atoms with Crippen LogP contribution in [-0.2, 0) is 14.2 Å². The molecule has 9 N–H and O–H groups in total. The van der Waals surface area contributed by atoms with E-state index in [4.69, 9.17) is 23.4 Å². The third-order valence-corrected chi connectivity index (χ3v) is 7.21. The highest BCUT2D eigenvalue weighted by Crippen LogP contribution is 2.38. The van der Waals surface area contributed by atoms with E-state index in [1.54, 1.807) is 0 Å². The van der Waals surface area contributed by atoms with E-state index >= 15 is 0 Å². The molecule has 5 rings (SSSR count). The smallest absolute Gasteiger partial charge is 0.239 e. The molecule has 1 aromatic heterocycles. The van der Waals surface area contributed by atoms with Crippen molar-refractivity contribution in [3.05, 3.63) is 46.6 Å². The van der Waals surface area contributed by atoms with Crippen molar-refractivity contribution in [1.29, 1.82) is 0 Å². The number of fused-ring (bicyclic) bond motifs is 1. The number of phenols is 3. The summed E-state index contributed by atoms with van der Waals surface area (Å²) >= 11 is 0. The van der Waals surface area contributed by atoms with Crippen molar-refractivity contribution in [2.45, 2.75) is 68.3 Å². The number of aromatic hydroxyl groups is 3. The quantitative estimate of drug-likeness (QED) is 0.159. The van der Waals surface area contributed by atoms with Gasteiger partial charge >= 0.3 is 0 Å². The van der Waals surface area contributed by atoms with Gasteiger partial charge in [-0.3, -0.25) is 4.79 Å². The average molecular weight is 595 g/mol. The van der Waals surface area contributed by atoms with Crippen molar-refractivity contribution in [2.24, 2.45) is 0 Å². The van der Waals surface area contributed by atoms with Crippen molar-refractivity contribution < 1.29 is 69.3 Å². The van der Waals surface area contributed by atoms with Gasteiger partial charge in [-0.15, -0.1) is 0 Å². The van der Waals surface area contributed by atoms with Crippen LogP contribution in [0.15, 0.2) is 45.6 Å². The first kappa shape index (κ1) is 30.0. The summed E-state index contributed by atoms with van der Waals surface area (Å²) in [7, 11) is 0. The van der Waals surface area contributed by atoms with Crippen LogP contribution in [0.25, 0.3) is 22.3 Å². The first-order chi connectivity index (χ1) is 19.9. The van der Waals surface area contributed by atoms with E-state index in [2.05, 4.69) is 0 Å². The number of aliphatic hydroxyl groups excluding tert-OH is 6. The van der Waals surface area contributed by atoms with Crippen molar-refractivity contribution in [3.8, 4) is 34.3 Å². The minimum atomic E-state index is -1.88. The predicted octanol–water partition coefficient (Wildman–Crippen LogP) is -1.39. The molecule has 2 saturated heterocycles. The number of rotatable bonds is 6. The Bertz CT molecular complexity index is 1470. The summed E-state index contributed by atoms with van der Waals surface area (Å²) in [6.07, 6.45) is -16.4. The van der Waals surface area contributed by atoms with E-state index in [-0.39, 0.29) is 28.0 Å². The molecule has 42 heavy (non-hydrogen) atoms. The van der Waals surface area contributed by atoms with Gasteiger partial charge in [-0.1, -0.05) is 0 Å². The Morgan fingerprint density at radius 1 is 0.810 bits per heavy atom. The Morgan fingerprint density at radius 3 is 2.17 bits per heavy atom. The number of hydrogen-bond donors (Lipinski definition) is 9. The van der Waals surface area contributed by atoms with Gasteiger partial charge in [0.15, 0.2) is 18.2 Å². The van der Waals surface area contributed by atoms with Crippen molar-refractivity contribution in [1.82, 2.24) is 0 Å². The van der Waals surface area contributed by atoms with Gasteiger partial charge in [-0.05, 0) is 31.2 Å². The average Bonchev–Trinajstić information content (AvgIpc) is 2.95. The molecule has 2 aliphatic heterocycles. The summed E-state index contributed by atoms with van der Waals surface area (Å²) < 4.78 is 28.5. The van der Waals surface area contributed by atoms with E-state index in [0.717, 1.165) is 12.1 Å². The standard InChI is InChI=1S/C27H30O15/c1-9-17(32)21(36)25(42-26-22(37)20(35)18(33)15(8-28)40-26)27(38-9)41-24-19(34)16-13(31)6-12(30)7-14(16)39-23(24)10-2-4-11(29)5-3-10/h2-7,9,15,17-18,20-22,25-33,35-37H,8H2,1H3/t9-,15-,17-,18-,20+,21+,22-,25+,26+,27+/m1/s1. The SMILES string of the molecule is C[C@H]1O[C@@H](Oc2c(-c3ccc(O)cc3)oc3cc(O)cc(O)c3c2=O)[C@@H](O[C@@H]2O[C@H](CO)[C@@H](O)[C@H](O)[C@H]2O)[C@@H](O)[C@@H]1O. The maximum Gasteiger partial charge on any atom is 0.239 e. The van der Waals surface area contributed by atoms with Crippen LogP contribution in [-0.4, -0.2) is 114 Å². The van der Waals surface area contributed by atoms with Gasteiger partial charge in [0, 0.05) is 17.7 Å². The van der Waals surface area contributed by atoms with Crippen LogP contribution in [0, 0.1) is 0 Å². The summed E-state index contributed by atoms with van der Waals surface area (Å²) in [6.45, 7) is 0.633. The molecule has 15 heteroatoms. The molecular formula is C27H30O15. The first-order valence-electron chi connectivity index (χ1n) is 12.9. The molecule has 0 unspecified atom stereocenters. The molecule has 228 valence electrons. The monoisotopic (exact) mass is 594 g/mol. The Morgan fingerprint density at radius 2 is 1.50 bits per heavy atom. The van der Waals surface area contributed by atoms with Gasteiger partial charge in [0.1, 0.15) is 64.8 Å². The molecule has 0 saturated carbocycles. The first-order valence-corrected chi connectivity index (χ1v) is 12.9. The van der Waals surface area contributed by atoms with Crippen LogP contribution in [0.5, 0.6) is 23.0 Å². The topological polar surface area (TPSA) is 249 Å². The Hall–Kier alpha value is -3.51. The minimum Gasteiger partial charge on any atom is -0.508 e. The van der Waals surface area contributed by atoms with Crippen LogP contribution >= 0.6 is 0 Å². The largest absolute Gasteiger partial charge is 0.508 e. The second-order valence-corrected chi connectivity index (χ2v) is 10.1. The second kappa shape index (κ2) is 11.6. The van der Waals surface area contributed by atoms with E-state index < -0.39 is 90.7 Å². The molecule has 10 atom stereocenters. The lowest BCUT2D eigenvalue weighted by atomic mass is 9.97. The molecule has 0 spiro atoms. The van der Waals surface area contributed by atoms with Gasteiger partial charge < -0.3 is 69.3 Å². The number of hydrogen-bond acceptors (Lipinski definition) is 15. The van der Waals surface area contributed by atoms with Crippen molar-refractivity contribution >= 4 is 11.0 Å². The highest BCUT2D eigenvalue weighted by atomic mass is 16.8. The van der Waals surface area contributed by atoms with Crippen LogP contribution < -0.4 is 10.2 Å². The maximum absolute atomic E-state index is 13.7. The van der Waals surface area contributed by atoms with Crippen LogP contribution in [0.2, 0.25) is 0 Å². The molecular weight excluding hydrogens is 564 g/mol. The fourth-order valence-electron chi connectivity index (χ4n) is 4.87. The van der Waals surface area contributed by atoms with E-state index in [1.165, 1.54) is 31.2 Å². The number of aliphatic hydroxyl groups is 6. The van der Waals surface area contributed by atoms with Gasteiger partial charge in [0.05, 0.1) is 12.7 Å². The predicted molar refractivity (Wildman–Crippen MR) is 139 cm³/mol. The summed E-state index contributed by atoms with van der Waals surface area (Å²) in [5.41, 5.74) is -0.934. The maximum atomic E-state index is 13.7. The fraction of sp³-hybridized carbons (Fsp3) is 0.444. The number of ether oxygens (including phenoxy) is 4. The lowest BCUT2D eigenvalue weighted by molar-refractivity contribution is -0.355. The zero-order valence-electron chi connectivity index (χ0n) is 21.9. The lowest BCUT2D eigenvalue weighted by Crippen LogP contribution is -2.64. The fourth-order valence-corrected chi connectivity index (χ4v) is 4.87. The van der Waals surface area contributed by atoms with Gasteiger partial charge in [0.2, 0.25) is 17.5 Å². The summed E-state index contributed by atoms with van der Waals surface area (Å²) in [5, 5.41) is 91.4. The van der Waals surface area contributed by atoms with Crippen molar-refractivity contribution in [2.75, 3.05) is 6.61 Å². The molecule has 2 aliphatic rings. The minimum absolute atomic E-state index is 0.103. The van der Waals surface area contributed by atoms with Crippen LogP contribution in [0.4, 0.5) is 0 Å². The van der Waals surface area contributed by atoms with Gasteiger partial charge in [-0.25, -0.2) is 0 Å². The van der Waals surface area contributed by atoms with Gasteiger partial charge in [0.25, 0.3) is 0 Å². The summed E-state index contributed by atoms with van der Waals surface area (Å²) in [4.78, 5) is 13.7. The number of benzene rings is 2. The van der Waals surface area contributed by atoms with Crippen LogP contribution in [0.3, 0.4) is 0 Å². The molecule has 0 aliphatic carbocycles. The number of phenolic OH excluding ortho intramolecular Hbond substituents is 3. The highest BCUT2D eigenvalue weighted by Gasteiger charge is 2.51. The molecule has 3 aromatic rings. The molecule has 3 heterocycles. The van der Waals surface area contributed by atoms with E-state index in [1.807, 2.05) is 0 Å². The zero-order valence-corrected chi connectivity index (χ0v) is 21.9. The Balaban J connectivity index is 1.58. The van der Waals surface area contributed by atoms with Gasteiger partial charge in [-0.2, -0.15) is 0 Å². The molecule has 0 bridgehead atoms. The van der Waals surface area contributed by atoms with Crippen LogP contribution in [0.1, 0.15) is 6.92 Å².